The van der Waals surface area contributed by atoms with E-state index < -0.39 is 382 Å². The molecule has 2 aromatic rings. The Morgan fingerprint density at radius 2 is 0.851 bits per heavy atom. The number of carboxylic acid groups (broad SMARTS) is 3. The number of hydrogen-bond acceptors (Lipinski definition) is 34. The van der Waals surface area contributed by atoms with Crippen LogP contribution < -0.4 is 123 Å². The van der Waals surface area contributed by atoms with E-state index in [9.17, 15) is 112 Å². The van der Waals surface area contributed by atoms with Crippen molar-refractivity contribution in [3.05, 3.63) is 48.0 Å². The number of rotatable bonds is 20. The quantitative estimate of drug-likeness (QED) is 0.0253. The van der Waals surface area contributed by atoms with E-state index in [0.29, 0.717) is 43.2 Å². The van der Waals surface area contributed by atoms with Crippen LogP contribution in [0.1, 0.15) is 116 Å². The topological polar surface area (TPSA) is 909 Å². The molecule has 5 saturated heterocycles. The molecule has 7 rings (SSSR count). The molecule has 1 aromatic carbocycles. The van der Waals surface area contributed by atoms with Crippen LogP contribution in [0.4, 0.5) is 0 Å². The summed E-state index contributed by atoms with van der Waals surface area (Å²) >= 11 is 0. The van der Waals surface area contributed by atoms with Crippen molar-refractivity contribution in [3.8, 4) is 5.75 Å². The first kappa shape index (κ1) is 120. The van der Waals surface area contributed by atoms with E-state index in [2.05, 4.69) is 122 Å². The highest BCUT2D eigenvalue weighted by Gasteiger charge is 2.46. The largest absolute Gasteiger partial charge is 0.508 e. The molecule has 1 aromatic heterocycles. The van der Waals surface area contributed by atoms with Crippen molar-refractivity contribution in [2.45, 2.75) is 220 Å². The normalized spacial score (nSPS) is 26.8. The van der Waals surface area contributed by atoms with Gasteiger partial charge in [0.05, 0.1) is 70.6 Å². The molecule has 23 amide bonds. The van der Waals surface area contributed by atoms with Gasteiger partial charge in [0, 0.05) is 68.1 Å². The monoisotopic (exact) mass is 2160 g/mol. The number of nitrogens with two attached hydrogens (primary N) is 2. The molecule has 5 fully saturated rings. The second-order valence-corrected chi connectivity index (χ2v) is 39.7. The molecule has 0 spiro atoms. The maximum Gasteiger partial charge on any atom is 0.305 e. The molecular weight excluding hydrogens is 2040 g/mol. The summed E-state index contributed by atoms with van der Waals surface area (Å²) in [6, 6.07) is -27.7. The van der Waals surface area contributed by atoms with E-state index in [-0.39, 0.29) is 75.2 Å². The number of carbonyl (C=O) groups is 26. The molecule has 4 bridgehead atoms. The highest BCUT2D eigenvalue weighted by molar-refractivity contribution is 8.77. The predicted molar refractivity (Wildman–Crippen MR) is 520 cm³/mol. The molecule has 0 saturated carbocycles. The Kier molecular flexibility index (Phi) is 48.4. The van der Waals surface area contributed by atoms with Crippen molar-refractivity contribution < 1.29 is 150 Å². The number of aromatic amines is 1. The standard InChI is InChI=1S/C85H122N28O31S4/c1-5-38(2)67-82(142)110-52-33-145-147-36-55-79(139)107-51(32-114)76(136)106-50(25-66(126)127)84(144)113-20-8-10-56(113)80(140)100-44(9-6-18-90-85(87)88)71(131)108-54(35-148-146-34-53(77(137)109-55)99-63(121)31-93-59(117)27-91-60(118)28-94-68(128)39(3)98-69(129)40(4)97-62(120)30-92-61(119)29-95-70(52)130)78(138)103-47(23-58(86)116)74(134)102-46(21-41-12-14-43(115)15-13-41)73(133)104-48(24-65(124)125)75(135)105-49(22-42-26-89-37-96-42)83(143)112-19-7-11-57(112)81(141)101-45(72(132)111-67)16-17-64(122)123/h12-15,26,37-40,44-57,67,114-115H,5-11,16-25,27-36H2,1-4H3,(H2,86,116)(H,89,96)(H,91,118)(H,92,119)(H,93,117)(H,94,128)(H,95,130)(H,97,120)(H,98,129)(H,99,121)(H,100,140)(H,101,141)(H,102,134)(H,103,138)(H,104,133)(H,105,135)(H,106,136)(H,107,139)(H,108,131)(H,109,137)(H,110,142)(H,111,132)(H,122,123)(H,124,125)(H,126,127)(H4,87,88,90). The minimum atomic E-state index is -2.26. The number of amides is 23. The number of H-pyrrole nitrogens is 1. The van der Waals surface area contributed by atoms with Crippen LogP contribution in [0.25, 0.3) is 0 Å². The molecule has 59 nitrogen and oxygen atoms in total. The number of carbonyl (C=O) groups excluding carboxylic acids is 23. The maximum absolute atomic E-state index is 15.4. The number of benzene rings is 1. The first-order chi connectivity index (χ1) is 70.1. The number of nitrogens with zero attached hydrogens (tertiary/aromatic N) is 3. The smallest absolute Gasteiger partial charge is 0.305 e. The van der Waals surface area contributed by atoms with Crippen LogP contribution in [-0.2, 0) is 137 Å². The second-order valence-electron chi connectivity index (χ2n) is 34.6. The van der Waals surface area contributed by atoms with Gasteiger partial charge in [-0.3, -0.25) is 130 Å². The summed E-state index contributed by atoms with van der Waals surface area (Å²) in [6.07, 6.45) is -5.09. The zero-order chi connectivity index (χ0) is 109. The Bertz CT molecular complexity index is 5230. The van der Waals surface area contributed by atoms with Crippen LogP contribution in [0, 0.1) is 11.3 Å². The van der Waals surface area contributed by atoms with Crippen LogP contribution >= 0.6 is 43.2 Å². The number of fused-ring (bicyclic) bond motifs is 10. The van der Waals surface area contributed by atoms with E-state index >= 15 is 38.4 Å². The van der Waals surface area contributed by atoms with Crippen molar-refractivity contribution in [2.24, 2.45) is 17.4 Å². The third kappa shape index (κ3) is 39.5. The van der Waals surface area contributed by atoms with E-state index in [0.717, 1.165) is 21.9 Å². The van der Waals surface area contributed by atoms with Gasteiger partial charge in [-0.2, -0.15) is 0 Å². The fourth-order valence-electron chi connectivity index (χ4n) is 15.1. The molecule has 0 radical (unpaired) electrons. The predicted octanol–water partition coefficient (Wildman–Crippen LogP) is -13.4. The number of aliphatic carboxylic acids is 3. The van der Waals surface area contributed by atoms with Gasteiger partial charge >= 0.3 is 17.9 Å². The Labute approximate surface area is 859 Å². The lowest BCUT2D eigenvalue weighted by Gasteiger charge is -2.31. The van der Waals surface area contributed by atoms with Crippen LogP contribution in [0.15, 0.2) is 36.8 Å². The second kappa shape index (κ2) is 59.6. The number of guanidine groups is 1. The van der Waals surface area contributed by atoms with E-state index in [1.54, 1.807) is 6.92 Å². The van der Waals surface area contributed by atoms with Crippen LogP contribution in [0.2, 0.25) is 0 Å². The molecule has 812 valence electrons. The average Bonchev–Trinajstić information content (AvgIpc) is 1.67. The molecule has 0 aliphatic carbocycles. The lowest BCUT2D eigenvalue weighted by atomic mass is 9.97. The van der Waals surface area contributed by atoms with Crippen molar-refractivity contribution in [2.75, 3.05) is 82.0 Å². The number of nitrogens with one attached hydrogen (secondary N) is 23. The Morgan fingerprint density at radius 3 is 1.37 bits per heavy atom. The third-order valence-corrected chi connectivity index (χ3v) is 28.0. The number of phenols is 1. The van der Waals surface area contributed by atoms with Gasteiger partial charge in [-0.15, -0.1) is 0 Å². The average molecular weight is 2160 g/mol. The summed E-state index contributed by atoms with van der Waals surface area (Å²) < 4.78 is 0. The van der Waals surface area contributed by atoms with Gasteiger partial charge in [-0.1, -0.05) is 75.6 Å². The number of aromatic hydroxyl groups is 1. The maximum atomic E-state index is 15.4. The third-order valence-electron chi connectivity index (χ3n) is 23.2. The van der Waals surface area contributed by atoms with Gasteiger partial charge in [0.15, 0.2) is 5.96 Å². The molecule has 5 aliphatic heterocycles. The van der Waals surface area contributed by atoms with Gasteiger partial charge in [0.2, 0.25) is 136 Å². The summed E-state index contributed by atoms with van der Waals surface area (Å²) in [5.41, 5.74) is 11.5. The summed E-state index contributed by atoms with van der Waals surface area (Å²) in [6.45, 7) is -1.54. The molecule has 32 N–H and O–H groups in total. The summed E-state index contributed by atoms with van der Waals surface area (Å²) in [5, 5.41) is 109. The number of aliphatic hydroxyl groups is 1. The molecule has 18 atom stereocenters. The van der Waals surface area contributed by atoms with Crippen molar-refractivity contribution >= 4 is 203 Å². The number of carboxylic acids is 3. The lowest BCUT2D eigenvalue weighted by Crippen LogP contribution is -2.62. The highest BCUT2D eigenvalue weighted by atomic mass is 33.1. The summed E-state index contributed by atoms with van der Waals surface area (Å²) in [4.78, 5) is 379. The van der Waals surface area contributed by atoms with E-state index in [4.69, 9.17) is 16.9 Å². The van der Waals surface area contributed by atoms with Crippen molar-refractivity contribution in [1.82, 2.24) is 131 Å². The van der Waals surface area contributed by atoms with Crippen molar-refractivity contribution in [3.63, 3.8) is 0 Å². The van der Waals surface area contributed by atoms with Gasteiger partial charge < -0.3 is 163 Å². The zero-order valence-corrected chi connectivity index (χ0v) is 83.7. The first-order valence-electron chi connectivity index (χ1n) is 46.5. The molecule has 63 heteroatoms. The minimum absolute atomic E-state index is 0.00622. The SMILES string of the molecule is CCC(C)C1NC(=O)C(CCC(=O)O)NC(=O)C2CCCN2C(=O)C(Cc2c[nH]cn2)NC(=O)C(CC(=O)O)NC(=O)C(Cc2ccc(O)cc2)NC(=O)C(CC(N)=O)NC(=O)C2CSSCC3NC(=O)CNC(=O)CNC(=O)CNC(=O)C(C)NC(=O)C(C)NC(=O)CNC(=O)CNC(=O)C(CSSCC(NC3=O)C(=O)NC(CO)C(=O)NC(CC(=O)O)C(=O)N3CCCC3C(=O)NC(CCCNC(=N)N)C(=O)N2)NC1=O. The number of primary amides is 1. The van der Waals surface area contributed by atoms with E-state index in [1.807, 2.05) is 0 Å². The van der Waals surface area contributed by atoms with Gasteiger partial charge in [0.25, 0.3) is 0 Å². The lowest BCUT2D eigenvalue weighted by molar-refractivity contribution is -0.146. The number of hydrogen-bond donors (Lipinski definition) is 30. The first-order valence-corrected chi connectivity index (χ1v) is 51.5. The Hall–Kier alpha value is -14.9. The fraction of sp³-hybridized carbons (Fsp3) is 0.576. The Morgan fingerprint density at radius 1 is 0.439 bits per heavy atom. The molecule has 148 heavy (non-hydrogen) atoms. The number of aromatic nitrogens is 2. The number of imidazole rings is 1. The van der Waals surface area contributed by atoms with Crippen LogP contribution in [0.5, 0.6) is 5.75 Å². The molecule has 18 unspecified atom stereocenters. The van der Waals surface area contributed by atoms with Crippen molar-refractivity contribution in [1.29, 1.82) is 5.41 Å². The van der Waals surface area contributed by atoms with Crippen LogP contribution in [-0.4, -0.2) is 390 Å². The van der Waals surface area contributed by atoms with E-state index in [1.165, 1.54) is 45.4 Å². The van der Waals surface area contributed by atoms with Gasteiger partial charge in [0.1, 0.15) is 108 Å². The molecule has 6 heterocycles. The summed E-state index contributed by atoms with van der Waals surface area (Å²) in [7, 11) is 2.29. The fourth-order valence-corrected chi connectivity index (χ4v) is 19.7. The highest BCUT2D eigenvalue weighted by Crippen LogP contribution is 2.28. The summed E-state index contributed by atoms with van der Waals surface area (Å²) in [5.74, 6) is -38.4. The zero-order valence-electron chi connectivity index (χ0n) is 80.4. The minimum Gasteiger partial charge on any atom is -0.508 e. The Balaban J connectivity index is 1.45. The number of aliphatic hydroxyl groups excluding tert-OH is 1. The van der Waals surface area contributed by atoms with Gasteiger partial charge in [-0.25, -0.2) is 4.98 Å². The van der Waals surface area contributed by atoms with Crippen LogP contribution in [0.3, 0.4) is 0 Å². The molecule has 5 aliphatic rings. The molecular formula is C85H122N28O31S4. The van der Waals surface area contributed by atoms with Gasteiger partial charge in [-0.05, 0) is 82.4 Å². The number of phenolic OH excluding ortho intramolecular Hbond substituents is 1.